The van der Waals surface area contributed by atoms with Gasteiger partial charge in [-0.2, -0.15) is 5.26 Å². The molecule has 0 bridgehead atoms. The summed E-state index contributed by atoms with van der Waals surface area (Å²) in [7, 11) is 0. The molecule has 1 aliphatic rings. The average Bonchev–Trinajstić information content (AvgIpc) is 2.74. The van der Waals surface area contributed by atoms with Crippen LogP contribution in [0.2, 0.25) is 0 Å². The van der Waals surface area contributed by atoms with Crippen molar-refractivity contribution in [3.63, 3.8) is 0 Å². The molecule has 0 spiro atoms. The number of nitriles is 1. The zero-order valence-corrected chi connectivity index (χ0v) is 12.3. The van der Waals surface area contributed by atoms with Crippen LogP contribution in [0.3, 0.4) is 0 Å². The lowest BCUT2D eigenvalue weighted by Gasteiger charge is -2.18. The van der Waals surface area contributed by atoms with Gasteiger partial charge in [0, 0.05) is 18.2 Å². The van der Waals surface area contributed by atoms with Crippen LogP contribution < -0.4 is 9.47 Å². The molecule has 0 saturated carbocycles. The molecule has 0 N–H and O–H groups in total. The molecule has 0 aliphatic carbocycles. The monoisotopic (exact) mass is 280 g/mol. The largest absolute Gasteiger partial charge is 0.483 e. The van der Waals surface area contributed by atoms with Crippen LogP contribution >= 0.6 is 0 Å². The quantitative estimate of drug-likeness (QED) is 0.840. The van der Waals surface area contributed by atoms with Crippen molar-refractivity contribution in [2.75, 3.05) is 0 Å². The first-order chi connectivity index (χ1) is 10.00. The van der Waals surface area contributed by atoms with Gasteiger partial charge in [0.25, 0.3) is 0 Å². The summed E-state index contributed by atoms with van der Waals surface area (Å²) < 4.78 is 11.8. The van der Waals surface area contributed by atoms with Gasteiger partial charge in [-0.15, -0.1) is 0 Å². The molecule has 106 valence electrons. The minimum absolute atomic E-state index is 0.236. The molecular formula is C17H16N2O2. The van der Waals surface area contributed by atoms with E-state index in [1.807, 2.05) is 39.0 Å². The normalized spacial score (nSPS) is 15.0. The molecule has 0 fully saturated rings. The van der Waals surface area contributed by atoms with Crippen LogP contribution in [0.5, 0.6) is 17.4 Å². The third kappa shape index (κ3) is 2.43. The fraction of sp³-hybridized carbons (Fsp3) is 0.294. The number of aromatic nitrogens is 1. The molecule has 4 heteroatoms. The van der Waals surface area contributed by atoms with E-state index in [-0.39, 0.29) is 5.60 Å². The first kappa shape index (κ1) is 13.4. The van der Waals surface area contributed by atoms with Crippen molar-refractivity contribution in [1.82, 2.24) is 4.98 Å². The Labute approximate surface area is 124 Å². The van der Waals surface area contributed by atoms with Gasteiger partial charge < -0.3 is 9.47 Å². The summed E-state index contributed by atoms with van der Waals surface area (Å²) in [5.74, 6) is 1.67. The van der Waals surface area contributed by atoms with E-state index in [1.54, 1.807) is 12.3 Å². The molecule has 2 heterocycles. The molecule has 1 aromatic carbocycles. The molecule has 0 unspecified atom stereocenters. The molecule has 0 atom stereocenters. The lowest BCUT2D eigenvalue weighted by molar-refractivity contribution is 0.135. The fourth-order valence-electron chi connectivity index (χ4n) is 2.52. The highest BCUT2D eigenvalue weighted by Crippen LogP contribution is 2.43. The van der Waals surface area contributed by atoms with Gasteiger partial charge in [0.15, 0.2) is 11.5 Å². The molecule has 1 aromatic heterocycles. The van der Waals surface area contributed by atoms with Gasteiger partial charge in [-0.25, -0.2) is 4.98 Å². The van der Waals surface area contributed by atoms with Gasteiger partial charge >= 0.3 is 0 Å². The Morgan fingerprint density at radius 2 is 2.14 bits per heavy atom. The highest BCUT2D eigenvalue weighted by atomic mass is 16.5. The second-order valence-electron chi connectivity index (χ2n) is 5.80. The summed E-state index contributed by atoms with van der Waals surface area (Å²) in [6.07, 6.45) is 2.48. The first-order valence-electron chi connectivity index (χ1n) is 6.85. The number of hydrogen-bond donors (Lipinski definition) is 0. The summed E-state index contributed by atoms with van der Waals surface area (Å²) in [5.41, 5.74) is 2.17. The van der Waals surface area contributed by atoms with Crippen LogP contribution in [-0.4, -0.2) is 10.6 Å². The van der Waals surface area contributed by atoms with Gasteiger partial charge in [-0.3, -0.25) is 0 Å². The van der Waals surface area contributed by atoms with Crippen molar-refractivity contribution in [2.45, 2.75) is 32.8 Å². The Balaban J connectivity index is 2.01. The fourth-order valence-corrected chi connectivity index (χ4v) is 2.52. The zero-order valence-electron chi connectivity index (χ0n) is 12.3. The van der Waals surface area contributed by atoms with E-state index in [0.29, 0.717) is 17.2 Å². The van der Waals surface area contributed by atoms with E-state index < -0.39 is 0 Å². The molecule has 0 radical (unpaired) electrons. The van der Waals surface area contributed by atoms with E-state index in [0.717, 1.165) is 23.3 Å². The Kier molecular flexibility index (Phi) is 3.06. The van der Waals surface area contributed by atoms with Crippen molar-refractivity contribution in [3.8, 4) is 23.4 Å². The second-order valence-corrected chi connectivity index (χ2v) is 5.80. The summed E-state index contributed by atoms with van der Waals surface area (Å²) >= 11 is 0. The van der Waals surface area contributed by atoms with Gasteiger partial charge in [0.2, 0.25) is 5.88 Å². The minimum atomic E-state index is -0.236. The summed E-state index contributed by atoms with van der Waals surface area (Å²) in [5, 5.41) is 9.25. The van der Waals surface area contributed by atoms with Crippen LogP contribution in [0.15, 0.2) is 30.5 Å². The number of fused-ring (bicyclic) bond motifs is 1. The number of pyridine rings is 1. The number of aryl methyl sites for hydroxylation is 1. The number of ether oxygens (including phenoxy) is 2. The predicted octanol–water partition coefficient (Wildman–Crippen LogP) is 3.77. The number of hydrogen-bond acceptors (Lipinski definition) is 4. The van der Waals surface area contributed by atoms with Gasteiger partial charge in [0.1, 0.15) is 17.2 Å². The van der Waals surface area contributed by atoms with Gasteiger partial charge in [-0.05, 0) is 38.5 Å². The minimum Gasteiger partial charge on any atom is -0.483 e. The molecule has 4 nitrogen and oxygen atoms in total. The van der Waals surface area contributed by atoms with E-state index >= 15 is 0 Å². The average molecular weight is 280 g/mol. The van der Waals surface area contributed by atoms with Crippen LogP contribution in [0.4, 0.5) is 0 Å². The van der Waals surface area contributed by atoms with Crippen LogP contribution in [0, 0.1) is 18.3 Å². The summed E-state index contributed by atoms with van der Waals surface area (Å²) in [6, 6.07) is 9.74. The number of benzene rings is 1. The number of rotatable bonds is 2. The maximum absolute atomic E-state index is 9.25. The maximum Gasteiger partial charge on any atom is 0.237 e. The van der Waals surface area contributed by atoms with Crippen molar-refractivity contribution >= 4 is 0 Å². The summed E-state index contributed by atoms with van der Waals surface area (Å²) in [4.78, 5) is 4.17. The van der Waals surface area contributed by atoms with Gasteiger partial charge in [0.05, 0.1) is 0 Å². The van der Waals surface area contributed by atoms with E-state index in [2.05, 4.69) is 11.1 Å². The van der Waals surface area contributed by atoms with Gasteiger partial charge in [-0.1, -0.05) is 12.1 Å². The van der Waals surface area contributed by atoms with Crippen LogP contribution in [0.25, 0.3) is 0 Å². The molecule has 1 aliphatic heterocycles. The van der Waals surface area contributed by atoms with Crippen molar-refractivity contribution in [2.24, 2.45) is 0 Å². The highest BCUT2D eigenvalue weighted by molar-refractivity contribution is 5.53. The standard InChI is InChI=1S/C17H16N2O2/c1-11-7-8-19-16(13(11)10-18)20-14-6-4-5-12-9-17(2,3)21-15(12)14/h4-8H,9H2,1-3H3. The SMILES string of the molecule is Cc1ccnc(Oc2cccc3c2OC(C)(C)C3)c1C#N. The van der Waals surface area contributed by atoms with Crippen molar-refractivity contribution < 1.29 is 9.47 Å². The maximum atomic E-state index is 9.25. The molecule has 0 saturated heterocycles. The number of para-hydroxylation sites is 1. The van der Waals surface area contributed by atoms with Crippen LogP contribution in [0.1, 0.15) is 30.5 Å². The third-order valence-corrected chi connectivity index (χ3v) is 3.50. The zero-order chi connectivity index (χ0) is 15.0. The lowest BCUT2D eigenvalue weighted by Crippen LogP contribution is -2.24. The second kappa shape index (κ2) is 4.78. The Hall–Kier alpha value is -2.54. The van der Waals surface area contributed by atoms with Crippen molar-refractivity contribution in [1.29, 1.82) is 5.26 Å². The lowest BCUT2D eigenvalue weighted by atomic mass is 10.0. The smallest absolute Gasteiger partial charge is 0.237 e. The summed E-state index contributed by atoms with van der Waals surface area (Å²) in [6.45, 7) is 5.95. The molecule has 0 amide bonds. The molecule has 3 rings (SSSR count). The predicted molar refractivity (Wildman–Crippen MR) is 78.6 cm³/mol. The molecule has 2 aromatic rings. The molecule has 21 heavy (non-hydrogen) atoms. The first-order valence-corrected chi connectivity index (χ1v) is 6.85. The van der Waals surface area contributed by atoms with E-state index in [4.69, 9.17) is 9.47 Å². The topological polar surface area (TPSA) is 55.1 Å². The Morgan fingerprint density at radius 1 is 1.33 bits per heavy atom. The van der Waals surface area contributed by atoms with E-state index in [1.165, 1.54) is 0 Å². The Morgan fingerprint density at radius 3 is 2.90 bits per heavy atom. The van der Waals surface area contributed by atoms with Crippen LogP contribution in [-0.2, 0) is 6.42 Å². The molecular weight excluding hydrogens is 264 g/mol. The van der Waals surface area contributed by atoms with Crippen molar-refractivity contribution in [3.05, 3.63) is 47.2 Å². The number of nitrogens with zero attached hydrogens (tertiary/aromatic N) is 2. The third-order valence-electron chi connectivity index (χ3n) is 3.50. The van der Waals surface area contributed by atoms with E-state index in [9.17, 15) is 5.26 Å². The Bertz CT molecular complexity index is 745. The highest BCUT2D eigenvalue weighted by Gasteiger charge is 2.32.